The van der Waals surface area contributed by atoms with E-state index in [1.54, 1.807) is 0 Å². The Bertz CT molecular complexity index is 214. The predicted molar refractivity (Wildman–Crippen MR) is 68.6 cm³/mol. The van der Waals surface area contributed by atoms with Crippen LogP contribution >= 0.6 is 0 Å². The van der Waals surface area contributed by atoms with Crippen LogP contribution in [0.5, 0.6) is 0 Å². The van der Waals surface area contributed by atoms with Gasteiger partial charge in [0.2, 0.25) is 0 Å². The molecule has 0 radical (unpaired) electrons. The molecule has 2 rings (SSSR count). The molecule has 1 nitrogen and oxygen atoms in total. The van der Waals surface area contributed by atoms with Gasteiger partial charge in [-0.3, -0.25) is 0 Å². The number of hydrogen-bond donors (Lipinski definition) is 0. The van der Waals surface area contributed by atoms with E-state index in [1.807, 2.05) is 0 Å². The third-order valence-corrected chi connectivity index (χ3v) is 4.84. The molecular weight excluding hydrogens is 196 g/mol. The Morgan fingerprint density at radius 2 is 1.62 bits per heavy atom. The van der Waals surface area contributed by atoms with Gasteiger partial charge in [-0.2, -0.15) is 0 Å². The zero-order chi connectivity index (χ0) is 11.6. The van der Waals surface area contributed by atoms with Gasteiger partial charge in [0, 0.05) is 6.61 Å². The van der Waals surface area contributed by atoms with Crippen LogP contribution in [0.25, 0.3) is 0 Å². The summed E-state index contributed by atoms with van der Waals surface area (Å²) in [5, 5.41) is 0. The van der Waals surface area contributed by atoms with Crippen LogP contribution in [0.3, 0.4) is 0 Å². The molecule has 1 heterocycles. The molecule has 94 valence electrons. The van der Waals surface area contributed by atoms with E-state index < -0.39 is 0 Å². The molecule has 1 unspecified atom stereocenters. The van der Waals surface area contributed by atoms with E-state index in [1.165, 1.54) is 51.4 Å². The molecule has 1 aliphatic heterocycles. The minimum atomic E-state index is 0.186. The molecule has 0 aromatic carbocycles. The van der Waals surface area contributed by atoms with Crippen molar-refractivity contribution in [1.82, 2.24) is 0 Å². The first-order valence-electron chi connectivity index (χ1n) is 7.20. The van der Waals surface area contributed by atoms with Crippen molar-refractivity contribution in [2.75, 3.05) is 6.61 Å². The van der Waals surface area contributed by atoms with Crippen molar-refractivity contribution >= 4 is 0 Å². The molecule has 1 heteroatoms. The number of ether oxygens (including phenoxy) is 1. The molecule has 2 aliphatic rings. The van der Waals surface area contributed by atoms with Crippen LogP contribution < -0.4 is 0 Å². The van der Waals surface area contributed by atoms with Gasteiger partial charge in [0.15, 0.2) is 0 Å². The molecule has 2 fully saturated rings. The molecule has 0 N–H and O–H groups in total. The monoisotopic (exact) mass is 224 g/mol. The normalized spacial score (nSPS) is 33.9. The van der Waals surface area contributed by atoms with Crippen molar-refractivity contribution in [2.45, 2.75) is 77.7 Å². The van der Waals surface area contributed by atoms with Gasteiger partial charge in [-0.1, -0.05) is 40.0 Å². The van der Waals surface area contributed by atoms with Crippen LogP contribution in [0.2, 0.25) is 0 Å². The molecule has 1 atom stereocenters. The fourth-order valence-electron chi connectivity index (χ4n) is 3.91. The van der Waals surface area contributed by atoms with E-state index in [0.717, 1.165) is 12.5 Å². The summed E-state index contributed by atoms with van der Waals surface area (Å²) in [6.45, 7) is 8.14. The molecule has 0 bridgehead atoms. The summed E-state index contributed by atoms with van der Waals surface area (Å²) >= 11 is 0. The highest BCUT2D eigenvalue weighted by atomic mass is 16.5. The molecule has 1 aliphatic carbocycles. The summed E-state index contributed by atoms with van der Waals surface area (Å²) in [6.07, 6.45) is 11.0. The minimum Gasteiger partial charge on any atom is -0.374 e. The number of rotatable bonds is 1. The Morgan fingerprint density at radius 3 is 2.12 bits per heavy atom. The third-order valence-electron chi connectivity index (χ3n) is 4.84. The third kappa shape index (κ3) is 2.16. The molecule has 0 aromatic rings. The molecule has 16 heavy (non-hydrogen) atoms. The van der Waals surface area contributed by atoms with Gasteiger partial charge >= 0.3 is 0 Å². The summed E-state index contributed by atoms with van der Waals surface area (Å²) in [6, 6.07) is 0. The van der Waals surface area contributed by atoms with Crippen molar-refractivity contribution in [2.24, 2.45) is 11.3 Å². The van der Waals surface area contributed by atoms with E-state index in [-0.39, 0.29) is 5.60 Å². The van der Waals surface area contributed by atoms with Gasteiger partial charge < -0.3 is 4.74 Å². The predicted octanol–water partition coefficient (Wildman–Crippen LogP) is 4.55. The summed E-state index contributed by atoms with van der Waals surface area (Å²) in [5.74, 6) is 0.821. The van der Waals surface area contributed by atoms with Crippen molar-refractivity contribution in [1.29, 1.82) is 0 Å². The molecule has 1 saturated heterocycles. The SMILES string of the molecule is CC(C)(C)C1(C2CCCCC2)CCCCO1. The van der Waals surface area contributed by atoms with Crippen molar-refractivity contribution < 1.29 is 4.74 Å². The van der Waals surface area contributed by atoms with Crippen molar-refractivity contribution in [3.05, 3.63) is 0 Å². The first-order valence-corrected chi connectivity index (χ1v) is 7.20. The Hall–Kier alpha value is -0.0400. The molecule has 1 saturated carbocycles. The minimum absolute atomic E-state index is 0.186. The summed E-state index contributed by atoms with van der Waals surface area (Å²) < 4.78 is 6.37. The Labute approximate surface area is 101 Å². The lowest BCUT2D eigenvalue weighted by molar-refractivity contribution is -0.184. The fourth-order valence-corrected chi connectivity index (χ4v) is 3.91. The maximum atomic E-state index is 6.37. The highest BCUT2D eigenvalue weighted by molar-refractivity contribution is 4.99. The average Bonchev–Trinajstić information content (AvgIpc) is 2.30. The van der Waals surface area contributed by atoms with E-state index in [2.05, 4.69) is 20.8 Å². The average molecular weight is 224 g/mol. The summed E-state index contributed by atoms with van der Waals surface area (Å²) in [5.41, 5.74) is 0.487. The van der Waals surface area contributed by atoms with Crippen LogP contribution in [-0.2, 0) is 4.74 Å². The Balaban J connectivity index is 2.18. The fraction of sp³-hybridized carbons (Fsp3) is 1.00. The van der Waals surface area contributed by atoms with Crippen LogP contribution in [0.1, 0.15) is 72.1 Å². The van der Waals surface area contributed by atoms with Gasteiger partial charge in [0.05, 0.1) is 5.60 Å². The van der Waals surface area contributed by atoms with Gasteiger partial charge in [0.1, 0.15) is 0 Å². The Morgan fingerprint density at radius 1 is 0.938 bits per heavy atom. The number of hydrogen-bond acceptors (Lipinski definition) is 1. The quantitative estimate of drug-likeness (QED) is 0.635. The zero-order valence-corrected chi connectivity index (χ0v) is 11.3. The summed E-state index contributed by atoms with van der Waals surface area (Å²) in [4.78, 5) is 0. The second-order valence-corrected chi connectivity index (χ2v) is 6.78. The van der Waals surface area contributed by atoms with Crippen molar-refractivity contribution in [3.8, 4) is 0 Å². The first kappa shape index (κ1) is 12.4. The van der Waals surface area contributed by atoms with Crippen LogP contribution in [-0.4, -0.2) is 12.2 Å². The van der Waals surface area contributed by atoms with Crippen LogP contribution in [0, 0.1) is 11.3 Å². The van der Waals surface area contributed by atoms with Crippen LogP contribution in [0.15, 0.2) is 0 Å². The maximum absolute atomic E-state index is 6.37. The summed E-state index contributed by atoms with van der Waals surface area (Å²) in [7, 11) is 0. The van der Waals surface area contributed by atoms with E-state index in [9.17, 15) is 0 Å². The smallest absolute Gasteiger partial charge is 0.0758 e. The topological polar surface area (TPSA) is 9.23 Å². The lowest BCUT2D eigenvalue weighted by atomic mass is 9.62. The van der Waals surface area contributed by atoms with E-state index in [0.29, 0.717) is 5.41 Å². The largest absolute Gasteiger partial charge is 0.374 e. The molecular formula is C15H28O. The van der Waals surface area contributed by atoms with Gasteiger partial charge in [-0.15, -0.1) is 0 Å². The molecule has 0 aromatic heterocycles. The van der Waals surface area contributed by atoms with Gasteiger partial charge in [-0.05, 0) is 43.4 Å². The van der Waals surface area contributed by atoms with E-state index in [4.69, 9.17) is 4.74 Å². The van der Waals surface area contributed by atoms with Crippen molar-refractivity contribution in [3.63, 3.8) is 0 Å². The van der Waals surface area contributed by atoms with Gasteiger partial charge in [0.25, 0.3) is 0 Å². The van der Waals surface area contributed by atoms with Gasteiger partial charge in [-0.25, -0.2) is 0 Å². The lowest BCUT2D eigenvalue weighted by Gasteiger charge is -2.53. The molecule has 0 spiro atoms. The van der Waals surface area contributed by atoms with E-state index >= 15 is 0 Å². The maximum Gasteiger partial charge on any atom is 0.0758 e. The standard InChI is InChI=1S/C15H28O/c1-14(2,3)15(11-7-8-12-16-15)13-9-5-4-6-10-13/h13H,4-12H2,1-3H3. The first-order chi connectivity index (χ1) is 7.56. The highest BCUT2D eigenvalue weighted by Gasteiger charge is 2.49. The highest BCUT2D eigenvalue weighted by Crippen LogP contribution is 2.50. The second kappa shape index (κ2) is 4.68. The van der Waals surface area contributed by atoms with Crippen LogP contribution in [0.4, 0.5) is 0 Å². The molecule has 0 amide bonds. The lowest BCUT2D eigenvalue weighted by Crippen LogP contribution is -2.53. The zero-order valence-electron chi connectivity index (χ0n) is 11.3. The second-order valence-electron chi connectivity index (χ2n) is 6.78. The Kier molecular flexibility index (Phi) is 3.63.